The van der Waals surface area contributed by atoms with Crippen LogP contribution in [0.5, 0.6) is 0 Å². The molecule has 0 unspecified atom stereocenters. The Morgan fingerprint density at radius 1 is 1.21 bits per heavy atom. The van der Waals surface area contributed by atoms with E-state index in [0.717, 1.165) is 24.8 Å². The smallest absolute Gasteiger partial charge is 0.256 e. The average molecular weight is 403 g/mol. The predicted octanol–water partition coefficient (Wildman–Crippen LogP) is 2.86. The summed E-state index contributed by atoms with van der Waals surface area (Å²) in [7, 11) is 0. The van der Waals surface area contributed by atoms with Gasteiger partial charge in [-0.2, -0.15) is 0 Å². The fourth-order valence-electron chi connectivity index (χ4n) is 3.34. The van der Waals surface area contributed by atoms with E-state index in [4.69, 9.17) is 9.84 Å². The first kappa shape index (κ1) is 20.5. The number of nitrogens with one attached hydrogen (secondary N) is 2. The van der Waals surface area contributed by atoms with E-state index in [1.165, 1.54) is 16.2 Å². The van der Waals surface area contributed by atoms with Gasteiger partial charge in [-0.05, 0) is 42.9 Å². The van der Waals surface area contributed by atoms with Gasteiger partial charge < -0.3 is 20.5 Å². The van der Waals surface area contributed by atoms with E-state index in [1.54, 1.807) is 12.1 Å². The lowest BCUT2D eigenvalue weighted by molar-refractivity contribution is 0.0838. The molecule has 0 saturated carbocycles. The van der Waals surface area contributed by atoms with Crippen molar-refractivity contribution in [1.29, 1.82) is 0 Å². The monoisotopic (exact) mass is 402 g/mol. The highest BCUT2D eigenvalue weighted by Crippen LogP contribution is 2.39. The van der Waals surface area contributed by atoms with E-state index < -0.39 is 0 Å². The van der Waals surface area contributed by atoms with Crippen molar-refractivity contribution in [1.82, 2.24) is 5.32 Å². The maximum Gasteiger partial charge on any atom is 0.256 e. The zero-order valence-electron chi connectivity index (χ0n) is 16.0. The second-order valence-corrected chi connectivity index (χ2v) is 8.07. The molecule has 2 aromatic rings. The number of rotatable bonds is 8. The number of carbonyl (C=O) groups excluding carboxylic acids is 2. The summed E-state index contributed by atoms with van der Waals surface area (Å²) in [6.45, 7) is 3.11. The number of thiophene rings is 1. The zero-order valence-corrected chi connectivity index (χ0v) is 16.8. The third-order valence-electron chi connectivity index (χ3n) is 4.77. The standard InChI is InChI=1S/C21H26N2O4S/c1-14-7-8-16-17(13-14)28-21(23-19(25)15-5-3-2-4-6-15)18(16)20(26)22-9-11-27-12-10-24/h2-6,14,24H,7-13H2,1H3,(H,22,26)(H,23,25)/t14-/m0/s1. The van der Waals surface area contributed by atoms with Crippen LogP contribution in [0.2, 0.25) is 0 Å². The Morgan fingerprint density at radius 3 is 2.75 bits per heavy atom. The van der Waals surface area contributed by atoms with Crippen molar-refractivity contribution in [2.24, 2.45) is 5.92 Å². The van der Waals surface area contributed by atoms with Gasteiger partial charge >= 0.3 is 0 Å². The van der Waals surface area contributed by atoms with Crippen LogP contribution in [0.1, 0.15) is 44.5 Å². The molecule has 1 aromatic carbocycles. The van der Waals surface area contributed by atoms with E-state index in [2.05, 4.69) is 17.6 Å². The Kier molecular flexibility index (Phi) is 7.19. The second kappa shape index (κ2) is 9.82. The Labute approximate surface area is 168 Å². The van der Waals surface area contributed by atoms with E-state index in [9.17, 15) is 9.59 Å². The summed E-state index contributed by atoms with van der Waals surface area (Å²) < 4.78 is 5.20. The molecular formula is C21H26N2O4S. The van der Waals surface area contributed by atoms with Gasteiger partial charge in [-0.15, -0.1) is 11.3 Å². The molecule has 1 aromatic heterocycles. The second-order valence-electron chi connectivity index (χ2n) is 6.97. The van der Waals surface area contributed by atoms with Crippen LogP contribution in [0.3, 0.4) is 0 Å². The Morgan fingerprint density at radius 2 is 2.00 bits per heavy atom. The highest BCUT2D eigenvalue weighted by atomic mass is 32.1. The zero-order chi connectivity index (χ0) is 19.9. The highest BCUT2D eigenvalue weighted by molar-refractivity contribution is 7.17. The minimum Gasteiger partial charge on any atom is -0.394 e. The molecule has 1 aliphatic carbocycles. The summed E-state index contributed by atoms with van der Waals surface area (Å²) in [6, 6.07) is 9.00. The fraction of sp³-hybridized carbons (Fsp3) is 0.429. The molecule has 0 aliphatic heterocycles. The first-order valence-corrected chi connectivity index (χ1v) is 10.4. The summed E-state index contributed by atoms with van der Waals surface area (Å²) in [5, 5.41) is 15.2. The molecule has 6 nitrogen and oxygen atoms in total. The maximum atomic E-state index is 12.9. The number of fused-ring (bicyclic) bond motifs is 1. The van der Waals surface area contributed by atoms with Crippen molar-refractivity contribution >= 4 is 28.2 Å². The van der Waals surface area contributed by atoms with Gasteiger partial charge in [0.05, 0.1) is 25.4 Å². The van der Waals surface area contributed by atoms with Crippen LogP contribution in [0, 0.1) is 5.92 Å². The molecule has 0 saturated heterocycles. The SMILES string of the molecule is C[C@H]1CCc2c(sc(NC(=O)c3ccccc3)c2C(=O)NCCOCCO)C1. The lowest BCUT2D eigenvalue weighted by Gasteiger charge is -2.18. The van der Waals surface area contributed by atoms with E-state index in [1.807, 2.05) is 18.2 Å². The minimum absolute atomic E-state index is 0.0418. The number of aliphatic hydroxyl groups is 1. The Balaban J connectivity index is 1.78. The van der Waals surface area contributed by atoms with Gasteiger partial charge in [0.25, 0.3) is 11.8 Å². The predicted molar refractivity (Wildman–Crippen MR) is 110 cm³/mol. The molecule has 150 valence electrons. The van der Waals surface area contributed by atoms with Crippen molar-refractivity contribution in [3.8, 4) is 0 Å². The third-order valence-corrected chi connectivity index (χ3v) is 5.94. The first-order chi connectivity index (χ1) is 13.6. The third kappa shape index (κ3) is 4.98. The van der Waals surface area contributed by atoms with Gasteiger partial charge in [0.15, 0.2) is 0 Å². The summed E-state index contributed by atoms with van der Waals surface area (Å²) in [4.78, 5) is 26.7. The molecule has 1 heterocycles. The number of aliphatic hydroxyl groups excluding tert-OH is 1. The fourth-order valence-corrected chi connectivity index (χ4v) is 4.74. The first-order valence-electron chi connectivity index (χ1n) is 9.58. The van der Waals surface area contributed by atoms with Crippen LogP contribution in [-0.4, -0.2) is 43.3 Å². The summed E-state index contributed by atoms with van der Waals surface area (Å²) >= 11 is 1.51. The molecule has 1 atom stereocenters. The molecule has 3 N–H and O–H groups in total. The topological polar surface area (TPSA) is 87.7 Å². The molecule has 0 fully saturated rings. The molecule has 1 aliphatic rings. The molecular weight excluding hydrogens is 376 g/mol. The van der Waals surface area contributed by atoms with E-state index >= 15 is 0 Å². The van der Waals surface area contributed by atoms with Gasteiger partial charge in [0, 0.05) is 17.0 Å². The van der Waals surface area contributed by atoms with Crippen LogP contribution in [0.25, 0.3) is 0 Å². The van der Waals surface area contributed by atoms with Gasteiger partial charge in [0.1, 0.15) is 5.00 Å². The quantitative estimate of drug-likeness (QED) is 0.593. The maximum absolute atomic E-state index is 12.9. The molecule has 3 rings (SSSR count). The molecule has 0 bridgehead atoms. The molecule has 0 spiro atoms. The number of hydrogen-bond acceptors (Lipinski definition) is 5. The van der Waals surface area contributed by atoms with Crippen molar-refractivity contribution in [3.05, 3.63) is 51.9 Å². The minimum atomic E-state index is -0.215. The molecule has 28 heavy (non-hydrogen) atoms. The number of amides is 2. The van der Waals surface area contributed by atoms with E-state index in [0.29, 0.717) is 35.2 Å². The number of benzene rings is 1. The average Bonchev–Trinajstić information content (AvgIpc) is 3.05. The number of hydrogen-bond donors (Lipinski definition) is 3. The van der Waals surface area contributed by atoms with Crippen LogP contribution in [0.15, 0.2) is 30.3 Å². The van der Waals surface area contributed by atoms with E-state index in [-0.39, 0.29) is 25.0 Å². The number of carbonyl (C=O) groups is 2. The lowest BCUT2D eigenvalue weighted by Crippen LogP contribution is -2.29. The molecule has 7 heteroatoms. The van der Waals surface area contributed by atoms with Crippen LogP contribution in [0.4, 0.5) is 5.00 Å². The normalized spacial score (nSPS) is 15.7. The summed E-state index contributed by atoms with van der Waals surface area (Å²) in [6.07, 6.45) is 2.81. The summed E-state index contributed by atoms with van der Waals surface area (Å²) in [5.74, 6) is 0.169. The Bertz CT molecular complexity index is 819. The number of ether oxygens (including phenoxy) is 1. The summed E-state index contributed by atoms with van der Waals surface area (Å²) in [5.41, 5.74) is 2.20. The van der Waals surface area contributed by atoms with Gasteiger partial charge in [0.2, 0.25) is 0 Å². The van der Waals surface area contributed by atoms with Gasteiger partial charge in [-0.1, -0.05) is 25.1 Å². The van der Waals surface area contributed by atoms with Gasteiger partial charge in [-0.25, -0.2) is 0 Å². The van der Waals surface area contributed by atoms with Crippen LogP contribution in [-0.2, 0) is 17.6 Å². The van der Waals surface area contributed by atoms with Crippen molar-refractivity contribution in [3.63, 3.8) is 0 Å². The van der Waals surface area contributed by atoms with Crippen molar-refractivity contribution in [2.75, 3.05) is 31.7 Å². The molecule has 2 amide bonds. The van der Waals surface area contributed by atoms with Crippen molar-refractivity contribution < 1.29 is 19.4 Å². The lowest BCUT2D eigenvalue weighted by atomic mass is 9.88. The van der Waals surface area contributed by atoms with Crippen LogP contribution < -0.4 is 10.6 Å². The highest BCUT2D eigenvalue weighted by Gasteiger charge is 2.28. The number of anilines is 1. The molecule has 0 radical (unpaired) electrons. The largest absolute Gasteiger partial charge is 0.394 e. The Hall–Kier alpha value is -2.22. The van der Waals surface area contributed by atoms with Crippen molar-refractivity contribution in [2.45, 2.75) is 26.2 Å². The van der Waals surface area contributed by atoms with Crippen LogP contribution >= 0.6 is 11.3 Å². The van der Waals surface area contributed by atoms with Gasteiger partial charge in [-0.3, -0.25) is 9.59 Å².